The molecule has 1 aromatic heterocycles. The highest BCUT2D eigenvalue weighted by Crippen LogP contribution is 2.33. The molecule has 0 radical (unpaired) electrons. The molecule has 1 aliphatic rings. The number of nitrogens with zero attached hydrogens (tertiary/aromatic N) is 3. The van der Waals surface area contributed by atoms with Crippen LogP contribution in [0.1, 0.15) is 10.4 Å². The third-order valence-electron chi connectivity index (χ3n) is 4.58. The Kier molecular flexibility index (Phi) is 5.69. The van der Waals surface area contributed by atoms with Crippen molar-refractivity contribution in [1.82, 2.24) is 9.88 Å². The molecule has 2 heterocycles. The number of halogens is 5. The van der Waals surface area contributed by atoms with Gasteiger partial charge in [-0.2, -0.15) is 0 Å². The first-order valence-electron chi connectivity index (χ1n) is 8.85. The average molecular weight is 476 g/mol. The summed E-state index contributed by atoms with van der Waals surface area (Å²) in [4.78, 5) is 20.9. The van der Waals surface area contributed by atoms with Crippen molar-refractivity contribution in [2.45, 2.75) is 6.36 Å². The van der Waals surface area contributed by atoms with E-state index in [1.54, 1.807) is 23.1 Å². The molecule has 1 aliphatic heterocycles. The van der Waals surface area contributed by atoms with E-state index in [-0.39, 0.29) is 11.7 Å². The van der Waals surface area contributed by atoms with Crippen molar-refractivity contribution in [2.24, 2.45) is 0 Å². The minimum atomic E-state index is -4.74. The average Bonchev–Trinajstić information content (AvgIpc) is 3.11. The number of fused-ring (bicyclic) bond motifs is 1. The molecular weight excluding hydrogens is 462 g/mol. The summed E-state index contributed by atoms with van der Waals surface area (Å²) in [5, 5.41) is 1.46. The second kappa shape index (κ2) is 8.13. The predicted octanol–water partition coefficient (Wildman–Crippen LogP) is 5.46. The molecule has 0 saturated carbocycles. The Hall–Kier alpha value is -2.23. The maximum atomic E-state index is 12.8. The molecule has 4 rings (SSSR count). The lowest BCUT2D eigenvalue weighted by atomic mass is 10.2. The maximum absolute atomic E-state index is 12.8. The van der Waals surface area contributed by atoms with Crippen molar-refractivity contribution < 1.29 is 22.7 Å². The number of carbonyl (C=O) groups excluding carboxylic acids is 1. The zero-order chi connectivity index (χ0) is 21.5. The van der Waals surface area contributed by atoms with Crippen molar-refractivity contribution in [2.75, 3.05) is 31.1 Å². The van der Waals surface area contributed by atoms with Gasteiger partial charge in [0.1, 0.15) is 5.75 Å². The van der Waals surface area contributed by atoms with Crippen LogP contribution in [0.2, 0.25) is 10.0 Å². The van der Waals surface area contributed by atoms with Gasteiger partial charge in [0.05, 0.1) is 20.8 Å². The fourth-order valence-electron chi connectivity index (χ4n) is 3.16. The SMILES string of the molecule is O=C(c1cc(Cl)ccc1Cl)N1CCN(c2nc3ccc(OC(F)(F)F)cc3s2)CC1. The summed E-state index contributed by atoms with van der Waals surface area (Å²) in [6.45, 7) is 1.99. The number of benzene rings is 2. The van der Waals surface area contributed by atoms with E-state index in [1.807, 2.05) is 4.90 Å². The number of ether oxygens (including phenoxy) is 1. The molecule has 1 amide bonds. The minimum Gasteiger partial charge on any atom is -0.406 e. The van der Waals surface area contributed by atoms with E-state index in [4.69, 9.17) is 23.2 Å². The van der Waals surface area contributed by atoms with E-state index in [1.165, 1.54) is 29.5 Å². The molecule has 158 valence electrons. The van der Waals surface area contributed by atoms with Gasteiger partial charge in [-0.3, -0.25) is 4.79 Å². The van der Waals surface area contributed by atoms with Gasteiger partial charge in [-0.05, 0) is 30.3 Å². The number of hydrogen-bond acceptors (Lipinski definition) is 5. The van der Waals surface area contributed by atoms with Crippen LogP contribution in [-0.2, 0) is 0 Å². The maximum Gasteiger partial charge on any atom is 0.573 e. The summed E-state index contributed by atoms with van der Waals surface area (Å²) < 4.78 is 41.8. The number of hydrogen-bond donors (Lipinski definition) is 0. The molecule has 0 spiro atoms. The number of aromatic nitrogens is 1. The zero-order valence-electron chi connectivity index (χ0n) is 15.2. The fraction of sp³-hybridized carbons (Fsp3) is 0.263. The molecule has 0 aliphatic carbocycles. The standard InChI is InChI=1S/C19H14Cl2F3N3O2S/c20-11-1-3-14(21)13(9-11)17(28)26-5-7-27(8-6-26)18-25-15-4-2-12(10-16(15)30-18)29-19(22,23)24/h1-4,9-10H,5-8H2. The number of thiazole rings is 1. The largest absolute Gasteiger partial charge is 0.573 e. The summed E-state index contributed by atoms with van der Waals surface area (Å²) in [5.74, 6) is -0.473. The summed E-state index contributed by atoms with van der Waals surface area (Å²) in [7, 11) is 0. The highest BCUT2D eigenvalue weighted by molar-refractivity contribution is 7.22. The molecule has 30 heavy (non-hydrogen) atoms. The molecule has 3 aromatic rings. The topological polar surface area (TPSA) is 45.7 Å². The van der Waals surface area contributed by atoms with Crippen molar-refractivity contribution in [1.29, 1.82) is 0 Å². The number of rotatable bonds is 3. The summed E-state index contributed by atoms with van der Waals surface area (Å²) in [6, 6.07) is 8.82. The van der Waals surface area contributed by atoms with Crippen LogP contribution in [0.5, 0.6) is 5.75 Å². The van der Waals surface area contributed by atoms with Crippen molar-refractivity contribution in [3.63, 3.8) is 0 Å². The van der Waals surface area contributed by atoms with Crippen molar-refractivity contribution >= 4 is 55.8 Å². The Morgan fingerprint density at radius 3 is 2.50 bits per heavy atom. The normalized spacial score (nSPS) is 15.0. The van der Waals surface area contributed by atoms with Crippen LogP contribution < -0.4 is 9.64 Å². The van der Waals surface area contributed by atoms with Gasteiger partial charge in [-0.15, -0.1) is 13.2 Å². The highest BCUT2D eigenvalue weighted by Gasteiger charge is 2.31. The molecule has 11 heteroatoms. The number of piperazine rings is 1. The molecule has 0 atom stereocenters. The molecule has 0 bridgehead atoms. The second-order valence-electron chi connectivity index (χ2n) is 6.58. The van der Waals surface area contributed by atoms with E-state index in [0.29, 0.717) is 57.1 Å². The lowest BCUT2D eigenvalue weighted by Gasteiger charge is -2.34. The molecule has 0 unspecified atom stereocenters. The molecule has 1 fully saturated rings. The van der Waals surface area contributed by atoms with Crippen molar-refractivity contribution in [3.8, 4) is 5.75 Å². The molecule has 1 saturated heterocycles. The van der Waals surface area contributed by atoms with Gasteiger partial charge < -0.3 is 14.5 Å². The van der Waals surface area contributed by atoms with Crippen LogP contribution in [0.4, 0.5) is 18.3 Å². The molecule has 0 N–H and O–H groups in total. The summed E-state index contributed by atoms with van der Waals surface area (Å²) in [6.07, 6.45) is -4.74. The van der Waals surface area contributed by atoms with E-state index < -0.39 is 6.36 Å². The van der Waals surface area contributed by atoms with Crippen LogP contribution in [0.15, 0.2) is 36.4 Å². The van der Waals surface area contributed by atoms with Crippen LogP contribution in [-0.4, -0.2) is 48.3 Å². The molecule has 5 nitrogen and oxygen atoms in total. The van der Waals surface area contributed by atoms with Gasteiger partial charge in [0.25, 0.3) is 5.91 Å². The number of carbonyl (C=O) groups is 1. The fourth-order valence-corrected chi connectivity index (χ4v) is 4.57. The van der Waals surface area contributed by atoms with Crippen LogP contribution >= 0.6 is 34.5 Å². The molecule has 2 aromatic carbocycles. The minimum absolute atomic E-state index is 0.194. The van der Waals surface area contributed by atoms with Crippen molar-refractivity contribution in [3.05, 3.63) is 52.0 Å². The third-order valence-corrected chi connectivity index (χ3v) is 6.22. The van der Waals surface area contributed by atoms with Crippen LogP contribution in [0.3, 0.4) is 0 Å². The second-order valence-corrected chi connectivity index (χ2v) is 8.43. The van der Waals surface area contributed by atoms with E-state index in [0.717, 1.165) is 0 Å². The van der Waals surface area contributed by atoms with Gasteiger partial charge in [-0.25, -0.2) is 4.98 Å². The van der Waals surface area contributed by atoms with E-state index >= 15 is 0 Å². The predicted molar refractivity (Wildman–Crippen MR) is 111 cm³/mol. The Labute approximate surface area is 183 Å². The lowest BCUT2D eigenvalue weighted by molar-refractivity contribution is -0.274. The van der Waals surface area contributed by atoms with Gasteiger partial charge in [-0.1, -0.05) is 34.5 Å². The zero-order valence-corrected chi connectivity index (χ0v) is 17.6. The van der Waals surface area contributed by atoms with Crippen LogP contribution in [0.25, 0.3) is 10.2 Å². The first kappa shape index (κ1) is 21.0. The van der Waals surface area contributed by atoms with E-state index in [9.17, 15) is 18.0 Å². The monoisotopic (exact) mass is 475 g/mol. The first-order valence-corrected chi connectivity index (χ1v) is 10.4. The van der Waals surface area contributed by atoms with Gasteiger partial charge in [0.15, 0.2) is 5.13 Å². The lowest BCUT2D eigenvalue weighted by Crippen LogP contribution is -2.48. The molecular formula is C19H14Cl2F3N3O2S. The Bertz CT molecular complexity index is 1100. The third kappa shape index (κ3) is 4.58. The van der Waals surface area contributed by atoms with Gasteiger partial charge in [0, 0.05) is 37.3 Å². The summed E-state index contributed by atoms with van der Waals surface area (Å²) in [5.41, 5.74) is 0.948. The van der Waals surface area contributed by atoms with Crippen LogP contribution in [0, 0.1) is 0 Å². The first-order chi connectivity index (χ1) is 14.2. The van der Waals surface area contributed by atoms with E-state index in [2.05, 4.69) is 9.72 Å². The van der Waals surface area contributed by atoms with Gasteiger partial charge >= 0.3 is 6.36 Å². The Balaban J connectivity index is 1.45. The smallest absolute Gasteiger partial charge is 0.406 e. The highest BCUT2D eigenvalue weighted by atomic mass is 35.5. The van der Waals surface area contributed by atoms with Gasteiger partial charge in [0.2, 0.25) is 0 Å². The number of amides is 1. The number of anilines is 1. The Morgan fingerprint density at radius 1 is 1.07 bits per heavy atom. The summed E-state index contributed by atoms with van der Waals surface area (Å²) >= 11 is 13.4. The quantitative estimate of drug-likeness (QED) is 0.504. The number of alkyl halides is 3. The Morgan fingerprint density at radius 2 is 1.80 bits per heavy atom.